The topological polar surface area (TPSA) is 30.5 Å². The fraction of sp³-hybridized carbons (Fsp3) is 1.00. The highest BCUT2D eigenvalue weighted by Gasteiger charge is 2.21. The van der Waals surface area contributed by atoms with Gasteiger partial charge in [-0.1, -0.05) is 6.92 Å². The van der Waals surface area contributed by atoms with E-state index in [1.807, 2.05) is 0 Å². The molecule has 0 amide bonds. The summed E-state index contributed by atoms with van der Waals surface area (Å²) in [6.45, 7) is 6.15. The Labute approximate surface area is 99.9 Å². The highest BCUT2D eigenvalue weighted by molar-refractivity contribution is 4.77. The average Bonchev–Trinajstić information content (AvgIpc) is 2.34. The largest absolute Gasteiger partial charge is 0.379 e. The lowest BCUT2D eigenvalue weighted by Crippen LogP contribution is -2.36. The lowest BCUT2D eigenvalue weighted by molar-refractivity contribution is -0.0347. The van der Waals surface area contributed by atoms with Crippen LogP contribution in [-0.4, -0.2) is 38.5 Å². The smallest absolute Gasteiger partial charge is 0.0776 e. The van der Waals surface area contributed by atoms with Crippen LogP contribution in [0, 0.1) is 0 Å². The fourth-order valence-corrected chi connectivity index (χ4v) is 2.12. The first kappa shape index (κ1) is 13.9. The first-order valence-electron chi connectivity index (χ1n) is 6.64. The van der Waals surface area contributed by atoms with Gasteiger partial charge in [-0.25, -0.2) is 0 Å². The molecule has 3 heteroatoms. The van der Waals surface area contributed by atoms with E-state index in [9.17, 15) is 0 Å². The molecular weight excluding hydrogens is 202 g/mol. The van der Waals surface area contributed by atoms with Gasteiger partial charge >= 0.3 is 0 Å². The summed E-state index contributed by atoms with van der Waals surface area (Å²) in [4.78, 5) is 0. The molecule has 1 fully saturated rings. The molecule has 1 saturated carbocycles. The van der Waals surface area contributed by atoms with E-state index >= 15 is 0 Å². The van der Waals surface area contributed by atoms with Crippen molar-refractivity contribution in [1.82, 2.24) is 5.32 Å². The van der Waals surface area contributed by atoms with E-state index in [4.69, 9.17) is 9.47 Å². The van der Waals surface area contributed by atoms with E-state index in [1.54, 1.807) is 7.11 Å². The van der Waals surface area contributed by atoms with Crippen LogP contribution < -0.4 is 5.32 Å². The van der Waals surface area contributed by atoms with Crippen molar-refractivity contribution in [2.75, 3.05) is 20.3 Å². The van der Waals surface area contributed by atoms with Gasteiger partial charge in [-0.15, -0.1) is 0 Å². The summed E-state index contributed by atoms with van der Waals surface area (Å²) in [6, 6.07) is 0.722. The molecule has 0 aromatic carbocycles. The second-order valence-electron chi connectivity index (χ2n) is 4.81. The third-order valence-electron chi connectivity index (χ3n) is 3.33. The van der Waals surface area contributed by atoms with Crippen molar-refractivity contribution >= 4 is 0 Å². The summed E-state index contributed by atoms with van der Waals surface area (Å²) in [7, 11) is 1.74. The highest BCUT2D eigenvalue weighted by Crippen LogP contribution is 2.21. The van der Waals surface area contributed by atoms with E-state index in [0.717, 1.165) is 19.2 Å². The summed E-state index contributed by atoms with van der Waals surface area (Å²) in [5.41, 5.74) is 0. The van der Waals surface area contributed by atoms with Gasteiger partial charge in [0.2, 0.25) is 0 Å². The van der Waals surface area contributed by atoms with Crippen LogP contribution in [0.5, 0.6) is 0 Å². The molecule has 1 aliphatic rings. The van der Waals surface area contributed by atoms with Gasteiger partial charge in [-0.05, 0) is 45.6 Å². The zero-order valence-corrected chi connectivity index (χ0v) is 11.0. The molecule has 0 spiro atoms. The Hall–Kier alpha value is -0.120. The lowest BCUT2D eigenvalue weighted by Gasteiger charge is -2.29. The second kappa shape index (κ2) is 8.04. The van der Waals surface area contributed by atoms with Crippen LogP contribution >= 0.6 is 0 Å². The van der Waals surface area contributed by atoms with Crippen LogP contribution in [0.1, 0.15) is 46.0 Å². The van der Waals surface area contributed by atoms with E-state index < -0.39 is 0 Å². The Balaban J connectivity index is 2.07. The van der Waals surface area contributed by atoms with Crippen LogP contribution in [0.4, 0.5) is 0 Å². The molecule has 3 nitrogen and oxygen atoms in total. The van der Waals surface area contributed by atoms with Gasteiger partial charge in [0.25, 0.3) is 0 Å². The van der Waals surface area contributed by atoms with Crippen molar-refractivity contribution in [2.24, 2.45) is 0 Å². The third kappa shape index (κ3) is 5.28. The summed E-state index contributed by atoms with van der Waals surface area (Å²) in [5, 5.41) is 3.59. The summed E-state index contributed by atoms with van der Waals surface area (Å²) < 4.78 is 11.0. The average molecular weight is 229 g/mol. The molecule has 0 bridgehead atoms. The molecule has 1 aliphatic carbocycles. The normalized spacial score (nSPS) is 27.9. The molecule has 1 unspecified atom stereocenters. The molecule has 0 aromatic heterocycles. The minimum Gasteiger partial charge on any atom is -0.379 e. The number of methoxy groups -OCH3 is 1. The van der Waals surface area contributed by atoms with E-state index in [1.165, 1.54) is 32.1 Å². The molecule has 0 heterocycles. The number of rotatable bonds is 7. The number of hydrogen-bond acceptors (Lipinski definition) is 3. The van der Waals surface area contributed by atoms with Gasteiger partial charge in [-0.3, -0.25) is 0 Å². The SMILES string of the molecule is CCCNC1CCC(OCC(C)OC)CC1. The number of nitrogens with one attached hydrogen (secondary N) is 1. The molecule has 1 N–H and O–H groups in total. The Morgan fingerprint density at radius 3 is 2.50 bits per heavy atom. The van der Waals surface area contributed by atoms with Crippen LogP contribution in [-0.2, 0) is 9.47 Å². The van der Waals surface area contributed by atoms with Crippen LogP contribution in [0.2, 0.25) is 0 Å². The van der Waals surface area contributed by atoms with Gasteiger partial charge in [0, 0.05) is 13.2 Å². The number of hydrogen-bond donors (Lipinski definition) is 1. The van der Waals surface area contributed by atoms with Crippen molar-refractivity contribution in [1.29, 1.82) is 0 Å². The minimum atomic E-state index is 0.218. The van der Waals surface area contributed by atoms with Gasteiger partial charge in [0.15, 0.2) is 0 Å². The molecule has 16 heavy (non-hydrogen) atoms. The van der Waals surface area contributed by atoms with Gasteiger partial charge in [0.1, 0.15) is 0 Å². The predicted molar refractivity (Wildman–Crippen MR) is 66.8 cm³/mol. The van der Waals surface area contributed by atoms with Crippen molar-refractivity contribution in [3.63, 3.8) is 0 Å². The quantitative estimate of drug-likeness (QED) is 0.727. The van der Waals surface area contributed by atoms with Crippen molar-refractivity contribution < 1.29 is 9.47 Å². The van der Waals surface area contributed by atoms with E-state index in [-0.39, 0.29) is 6.10 Å². The first-order valence-corrected chi connectivity index (χ1v) is 6.64. The molecule has 0 aliphatic heterocycles. The van der Waals surface area contributed by atoms with Gasteiger partial charge in [0.05, 0.1) is 18.8 Å². The first-order chi connectivity index (χ1) is 7.76. The molecule has 1 rings (SSSR count). The van der Waals surface area contributed by atoms with Gasteiger partial charge in [-0.2, -0.15) is 0 Å². The maximum Gasteiger partial charge on any atom is 0.0776 e. The minimum absolute atomic E-state index is 0.218. The maximum atomic E-state index is 5.84. The van der Waals surface area contributed by atoms with Crippen LogP contribution in [0.15, 0.2) is 0 Å². The molecular formula is C13H27NO2. The lowest BCUT2D eigenvalue weighted by atomic mass is 9.93. The zero-order valence-electron chi connectivity index (χ0n) is 11.0. The Bertz CT molecular complexity index is 167. The second-order valence-corrected chi connectivity index (χ2v) is 4.81. The summed E-state index contributed by atoms with van der Waals surface area (Å²) >= 11 is 0. The fourth-order valence-electron chi connectivity index (χ4n) is 2.12. The molecule has 0 saturated heterocycles. The third-order valence-corrected chi connectivity index (χ3v) is 3.33. The molecule has 0 radical (unpaired) electrons. The van der Waals surface area contributed by atoms with E-state index in [0.29, 0.717) is 6.10 Å². The number of ether oxygens (including phenoxy) is 2. The standard InChI is InChI=1S/C13H27NO2/c1-4-9-14-12-5-7-13(8-6-12)16-10-11(2)15-3/h11-14H,4-10H2,1-3H3. The Morgan fingerprint density at radius 2 is 1.94 bits per heavy atom. The maximum absolute atomic E-state index is 5.84. The highest BCUT2D eigenvalue weighted by atomic mass is 16.5. The van der Waals surface area contributed by atoms with Crippen molar-refractivity contribution in [2.45, 2.75) is 64.2 Å². The van der Waals surface area contributed by atoms with E-state index in [2.05, 4.69) is 19.2 Å². The Kier molecular flexibility index (Phi) is 7.01. The van der Waals surface area contributed by atoms with Crippen LogP contribution in [0.3, 0.4) is 0 Å². The Morgan fingerprint density at radius 1 is 1.25 bits per heavy atom. The molecule has 0 aromatic rings. The summed E-state index contributed by atoms with van der Waals surface area (Å²) in [5.74, 6) is 0. The zero-order chi connectivity index (χ0) is 11.8. The predicted octanol–water partition coefficient (Wildman–Crippen LogP) is 2.35. The molecule has 96 valence electrons. The monoisotopic (exact) mass is 229 g/mol. The van der Waals surface area contributed by atoms with Crippen molar-refractivity contribution in [3.05, 3.63) is 0 Å². The van der Waals surface area contributed by atoms with Gasteiger partial charge < -0.3 is 14.8 Å². The van der Waals surface area contributed by atoms with Crippen molar-refractivity contribution in [3.8, 4) is 0 Å². The summed E-state index contributed by atoms with van der Waals surface area (Å²) in [6.07, 6.45) is 6.79. The molecule has 1 atom stereocenters. The van der Waals surface area contributed by atoms with Crippen LogP contribution in [0.25, 0.3) is 0 Å².